The molecule has 0 fully saturated rings. The molecule has 0 aliphatic rings. The van der Waals surface area contributed by atoms with Gasteiger partial charge in [-0.2, -0.15) is 5.10 Å². The van der Waals surface area contributed by atoms with Crippen LogP contribution in [0.5, 0.6) is 0 Å². The molecule has 0 unspecified atom stereocenters. The maximum atomic E-state index is 3.99. The predicted octanol–water partition coefficient (Wildman–Crippen LogP) is 3.40. The fourth-order valence-corrected chi connectivity index (χ4v) is 2.16. The highest BCUT2D eigenvalue weighted by Crippen LogP contribution is 2.31. The monoisotopic (exact) mass is 288 g/mol. The van der Waals surface area contributed by atoms with Gasteiger partial charge in [0.15, 0.2) is 0 Å². The molecule has 1 N–H and O–H groups in total. The molecule has 12 heavy (non-hydrogen) atoms. The summed E-state index contributed by atoms with van der Waals surface area (Å²) in [7, 11) is 0. The number of aromatic amines is 1. The normalized spacial score (nSPS) is 10.9. The second-order valence-corrected chi connectivity index (χ2v) is 4.30. The zero-order chi connectivity index (χ0) is 8.72. The molecular formula is C8H6Br2N2. The summed E-state index contributed by atoms with van der Waals surface area (Å²) in [4.78, 5) is 0. The Kier molecular flexibility index (Phi) is 1.96. The number of aryl methyl sites for hydroxylation is 1. The third-order valence-corrected chi connectivity index (χ3v) is 3.82. The van der Waals surface area contributed by atoms with Gasteiger partial charge in [0.05, 0.1) is 16.2 Å². The van der Waals surface area contributed by atoms with Gasteiger partial charge in [-0.05, 0) is 50.4 Å². The Labute approximate surface area is 86.6 Å². The van der Waals surface area contributed by atoms with Gasteiger partial charge < -0.3 is 0 Å². The van der Waals surface area contributed by atoms with E-state index in [1.165, 1.54) is 5.56 Å². The van der Waals surface area contributed by atoms with E-state index in [0.29, 0.717) is 0 Å². The molecule has 0 aliphatic carbocycles. The molecular weight excluding hydrogens is 284 g/mol. The lowest BCUT2D eigenvalue weighted by Crippen LogP contribution is -1.78. The van der Waals surface area contributed by atoms with E-state index in [4.69, 9.17) is 0 Å². The lowest BCUT2D eigenvalue weighted by molar-refractivity contribution is 1.12. The minimum Gasteiger partial charge on any atom is -0.277 e. The number of rotatable bonds is 0. The summed E-state index contributed by atoms with van der Waals surface area (Å²) < 4.78 is 2.08. The highest BCUT2D eigenvalue weighted by Gasteiger charge is 2.06. The first-order valence-corrected chi connectivity index (χ1v) is 5.06. The number of halogens is 2. The predicted molar refractivity (Wildman–Crippen MR) is 56.2 cm³/mol. The molecule has 0 saturated heterocycles. The molecule has 0 atom stereocenters. The zero-order valence-corrected chi connectivity index (χ0v) is 9.53. The number of H-pyrrole nitrogens is 1. The molecule has 1 aromatic heterocycles. The number of nitrogens with one attached hydrogen (secondary N) is 1. The van der Waals surface area contributed by atoms with Crippen molar-refractivity contribution in [3.8, 4) is 0 Å². The second kappa shape index (κ2) is 2.85. The maximum Gasteiger partial charge on any atom is 0.0806 e. The van der Waals surface area contributed by atoms with Gasteiger partial charge in [-0.25, -0.2) is 0 Å². The number of fused-ring (bicyclic) bond motifs is 1. The van der Waals surface area contributed by atoms with Crippen LogP contribution in [-0.4, -0.2) is 10.2 Å². The van der Waals surface area contributed by atoms with Crippen molar-refractivity contribution in [1.82, 2.24) is 10.2 Å². The molecule has 2 rings (SSSR count). The SMILES string of the molecule is Cc1cc(Br)c(Br)c2[nH]ncc12. The number of hydrogen-bond donors (Lipinski definition) is 1. The molecule has 0 spiro atoms. The Bertz CT molecular complexity index is 434. The number of benzene rings is 1. The van der Waals surface area contributed by atoms with Gasteiger partial charge in [0.25, 0.3) is 0 Å². The highest BCUT2D eigenvalue weighted by molar-refractivity contribution is 9.13. The van der Waals surface area contributed by atoms with Crippen molar-refractivity contribution in [2.24, 2.45) is 0 Å². The minimum absolute atomic E-state index is 1.03. The van der Waals surface area contributed by atoms with Gasteiger partial charge in [0.1, 0.15) is 0 Å². The van der Waals surface area contributed by atoms with Gasteiger partial charge >= 0.3 is 0 Å². The van der Waals surface area contributed by atoms with Crippen LogP contribution in [0.25, 0.3) is 10.9 Å². The topological polar surface area (TPSA) is 28.7 Å². The fourth-order valence-electron chi connectivity index (χ4n) is 1.20. The Morgan fingerprint density at radius 2 is 2.17 bits per heavy atom. The molecule has 2 nitrogen and oxygen atoms in total. The average molecular weight is 290 g/mol. The van der Waals surface area contributed by atoms with Crippen molar-refractivity contribution >= 4 is 42.8 Å². The number of aromatic nitrogens is 2. The van der Waals surface area contributed by atoms with Crippen LogP contribution in [0.1, 0.15) is 5.56 Å². The van der Waals surface area contributed by atoms with Crippen LogP contribution in [0.2, 0.25) is 0 Å². The molecule has 0 aliphatic heterocycles. The van der Waals surface area contributed by atoms with E-state index < -0.39 is 0 Å². The van der Waals surface area contributed by atoms with Crippen molar-refractivity contribution in [2.45, 2.75) is 6.92 Å². The Hall–Kier alpha value is -0.350. The molecule has 1 aromatic carbocycles. The smallest absolute Gasteiger partial charge is 0.0806 e. The molecule has 2 aromatic rings. The molecule has 62 valence electrons. The number of nitrogens with zero attached hydrogens (tertiary/aromatic N) is 1. The average Bonchev–Trinajstić information content (AvgIpc) is 2.48. The third-order valence-electron chi connectivity index (χ3n) is 1.84. The molecule has 1 heterocycles. The fraction of sp³-hybridized carbons (Fsp3) is 0.125. The number of hydrogen-bond acceptors (Lipinski definition) is 1. The molecule has 4 heteroatoms. The molecule has 0 radical (unpaired) electrons. The van der Waals surface area contributed by atoms with E-state index in [1.54, 1.807) is 0 Å². The first kappa shape index (κ1) is 8.26. The second-order valence-electron chi connectivity index (χ2n) is 2.65. The lowest BCUT2D eigenvalue weighted by atomic mass is 10.1. The summed E-state index contributed by atoms with van der Waals surface area (Å²) in [6.45, 7) is 2.06. The zero-order valence-electron chi connectivity index (χ0n) is 6.36. The van der Waals surface area contributed by atoms with Crippen molar-refractivity contribution in [1.29, 1.82) is 0 Å². The van der Waals surface area contributed by atoms with E-state index in [-0.39, 0.29) is 0 Å². The lowest BCUT2D eigenvalue weighted by Gasteiger charge is -2.00. The third kappa shape index (κ3) is 1.10. The molecule has 0 bridgehead atoms. The van der Waals surface area contributed by atoms with Crippen LogP contribution in [0.3, 0.4) is 0 Å². The Balaban J connectivity index is 2.97. The standard InChI is InChI=1S/C8H6Br2N2/c1-4-2-6(9)7(10)8-5(4)3-11-12-8/h2-3H,1H3,(H,11,12). The highest BCUT2D eigenvalue weighted by atomic mass is 79.9. The van der Waals surface area contributed by atoms with E-state index in [1.807, 2.05) is 6.20 Å². The van der Waals surface area contributed by atoms with Crippen molar-refractivity contribution < 1.29 is 0 Å². The summed E-state index contributed by atoms with van der Waals surface area (Å²) in [5.41, 5.74) is 2.26. The summed E-state index contributed by atoms with van der Waals surface area (Å²) in [5, 5.41) is 8.09. The quantitative estimate of drug-likeness (QED) is 0.791. The van der Waals surface area contributed by atoms with E-state index >= 15 is 0 Å². The Morgan fingerprint density at radius 1 is 1.42 bits per heavy atom. The summed E-state index contributed by atoms with van der Waals surface area (Å²) >= 11 is 6.93. The Morgan fingerprint density at radius 3 is 2.92 bits per heavy atom. The minimum atomic E-state index is 1.03. The van der Waals surface area contributed by atoms with Crippen LogP contribution in [-0.2, 0) is 0 Å². The molecule has 0 saturated carbocycles. The van der Waals surface area contributed by atoms with Crippen LogP contribution >= 0.6 is 31.9 Å². The van der Waals surface area contributed by atoms with Crippen LogP contribution in [0.4, 0.5) is 0 Å². The van der Waals surface area contributed by atoms with E-state index in [2.05, 4.69) is 55.0 Å². The summed E-state index contributed by atoms with van der Waals surface area (Å²) in [6.07, 6.45) is 1.84. The summed E-state index contributed by atoms with van der Waals surface area (Å²) in [6, 6.07) is 2.07. The van der Waals surface area contributed by atoms with Gasteiger partial charge in [0.2, 0.25) is 0 Å². The maximum absolute atomic E-state index is 3.99. The van der Waals surface area contributed by atoms with Crippen molar-refractivity contribution in [2.75, 3.05) is 0 Å². The van der Waals surface area contributed by atoms with Gasteiger partial charge in [-0.15, -0.1) is 0 Å². The molecule has 0 amide bonds. The van der Waals surface area contributed by atoms with Crippen LogP contribution in [0.15, 0.2) is 21.2 Å². The van der Waals surface area contributed by atoms with Crippen LogP contribution < -0.4 is 0 Å². The van der Waals surface area contributed by atoms with Crippen molar-refractivity contribution in [3.63, 3.8) is 0 Å². The largest absolute Gasteiger partial charge is 0.277 e. The first-order chi connectivity index (χ1) is 5.70. The summed E-state index contributed by atoms with van der Waals surface area (Å²) in [5.74, 6) is 0. The van der Waals surface area contributed by atoms with Gasteiger partial charge in [-0.1, -0.05) is 0 Å². The van der Waals surface area contributed by atoms with Gasteiger partial charge in [0, 0.05) is 9.86 Å². The van der Waals surface area contributed by atoms with E-state index in [9.17, 15) is 0 Å². The van der Waals surface area contributed by atoms with Gasteiger partial charge in [-0.3, -0.25) is 5.10 Å². The van der Waals surface area contributed by atoms with E-state index in [0.717, 1.165) is 19.8 Å². The van der Waals surface area contributed by atoms with Crippen molar-refractivity contribution in [3.05, 3.63) is 26.8 Å². The van der Waals surface area contributed by atoms with Crippen LogP contribution in [0, 0.1) is 6.92 Å². The first-order valence-electron chi connectivity index (χ1n) is 3.48.